The number of hydrogen-bond acceptors (Lipinski definition) is 4. The molecule has 3 unspecified atom stereocenters. The average Bonchev–Trinajstić information content (AvgIpc) is 2.98. The smallest absolute Gasteiger partial charge is 0.307 e. The Bertz CT molecular complexity index is 681. The molecule has 1 amide bonds. The van der Waals surface area contributed by atoms with Crippen molar-refractivity contribution in [1.82, 2.24) is 10.6 Å². The van der Waals surface area contributed by atoms with Gasteiger partial charge in [0.2, 0.25) is 5.91 Å². The SMILES string of the molecule is COC(=O)CC(NC(=O)CC1CC2CCC(C1)N2)c1ccc(C(C)(C)C)cc1. The van der Waals surface area contributed by atoms with Gasteiger partial charge in [-0.1, -0.05) is 45.0 Å². The summed E-state index contributed by atoms with van der Waals surface area (Å²) in [6, 6.07) is 8.98. The van der Waals surface area contributed by atoms with Gasteiger partial charge >= 0.3 is 5.97 Å². The lowest BCUT2D eigenvalue weighted by atomic mass is 9.86. The average molecular weight is 387 g/mol. The number of hydrogen-bond donors (Lipinski definition) is 2. The van der Waals surface area contributed by atoms with Crippen LogP contribution in [0.15, 0.2) is 24.3 Å². The van der Waals surface area contributed by atoms with Crippen molar-refractivity contribution in [2.45, 2.75) is 82.8 Å². The zero-order valence-corrected chi connectivity index (χ0v) is 17.6. The van der Waals surface area contributed by atoms with Gasteiger partial charge in [-0.15, -0.1) is 0 Å². The number of piperidine rings is 1. The van der Waals surface area contributed by atoms with E-state index in [1.807, 2.05) is 12.1 Å². The molecule has 154 valence electrons. The Morgan fingerprint density at radius 2 is 1.75 bits per heavy atom. The summed E-state index contributed by atoms with van der Waals surface area (Å²) in [7, 11) is 1.38. The third-order valence-electron chi connectivity index (χ3n) is 6.16. The molecule has 2 bridgehead atoms. The molecule has 5 nitrogen and oxygen atoms in total. The summed E-state index contributed by atoms with van der Waals surface area (Å²) in [6.45, 7) is 6.51. The molecule has 3 rings (SSSR count). The number of amides is 1. The van der Waals surface area contributed by atoms with Gasteiger partial charge in [-0.2, -0.15) is 0 Å². The van der Waals surface area contributed by atoms with E-state index in [0.717, 1.165) is 18.4 Å². The van der Waals surface area contributed by atoms with Gasteiger partial charge in [-0.3, -0.25) is 9.59 Å². The largest absolute Gasteiger partial charge is 0.469 e. The van der Waals surface area contributed by atoms with Crippen molar-refractivity contribution in [3.05, 3.63) is 35.4 Å². The fraction of sp³-hybridized carbons (Fsp3) is 0.652. The maximum absolute atomic E-state index is 12.7. The normalized spacial score (nSPS) is 25.2. The summed E-state index contributed by atoms with van der Waals surface area (Å²) in [4.78, 5) is 24.6. The molecule has 2 N–H and O–H groups in total. The second-order valence-corrected chi connectivity index (χ2v) is 9.45. The number of esters is 1. The number of fused-ring (bicyclic) bond motifs is 2. The van der Waals surface area contributed by atoms with Crippen LogP contribution in [0.2, 0.25) is 0 Å². The Morgan fingerprint density at radius 3 is 2.29 bits per heavy atom. The molecule has 2 aliphatic rings. The highest BCUT2D eigenvalue weighted by Gasteiger charge is 2.34. The lowest BCUT2D eigenvalue weighted by Gasteiger charge is -2.29. The number of methoxy groups -OCH3 is 1. The summed E-state index contributed by atoms with van der Waals surface area (Å²) >= 11 is 0. The molecule has 0 saturated carbocycles. The van der Waals surface area contributed by atoms with Crippen LogP contribution in [0.3, 0.4) is 0 Å². The van der Waals surface area contributed by atoms with Crippen LogP contribution in [0.1, 0.15) is 76.5 Å². The Kier molecular flexibility index (Phi) is 6.43. The second-order valence-electron chi connectivity index (χ2n) is 9.45. The van der Waals surface area contributed by atoms with Gasteiger partial charge in [0.1, 0.15) is 0 Å². The van der Waals surface area contributed by atoms with Gasteiger partial charge in [-0.25, -0.2) is 0 Å². The molecule has 0 aromatic heterocycles. The molecule has 0 aliphatic carbocycles. The number of nitrogens with one attached hydrogen (secondary N) is 2. The molecule has 1 aromatic rings. The van der Waals surface area contributed by atoms with E-state index in [2.05, 4.69) is 43.5 Å². The van der Waals surface area contributed by atoms with Crippen LogP contribution in [0.4, 0.5) is 0 Å². The molecular formula is C23H34N2O3. The van der Waals surface area contributed by atoms with E-state index in [0.29, 0.717) is 24.4 Å². The highest BCUT2D eigenvalue weighted by Crippen LogP contribution is 2.33. The van der Waals surface area contributed by atoms with Crippen LogP contribution in [0.25, 0.3) is 0 Å². The predicted octanol–water partition coefficient (Wildman–Crippen LogP) is 3.63. The summed E-state index contributed by atoms with van der Waals surface area (Å²) in [5.41, 5.74) is 2.23. The third-order valence-corrected chi connectivity index (χ3v) is 6.16. The highest BCUT2D eigenvalue weighted by molar-refractivity contribution is 5.78. The Balaban J connectivity index is 1.65. The van der Waals surface area contributed by atoms with Gasteiger partial charge in [0.05, 0.1) is 19.6 Å². The fourth-order valence-corrected chi connectivity index (χ4v) is 4.57. The van der Waals surface area contributed by atoms with Crippen LogP contribution in [0.5, 0.6) is 0 Å². The zero-order chi connectivity index (χ0) is 20.3. The first-order chi connectivity index (χ1) is 13.2. The summed E-state index contributed by atoms with van der Waals surface area (Å²) < 4.78 is 4.85. The lowest BCUT2D eigenvalue weighted by Crippen LogP contribution is -2.40. The van der Waals surface area contributed by atoms with Crippen LogP contribution in [0, 0.1) is 5.92 Å². The van der Waals surface area contributed by atoms with Gasteiger partial charge in [0.15, 0.2) is 0 Å². The van der Waals surface area contributed by atoms with Crippen molar-refractivity contribution in [3.63, 3.8) is 0 Å². The Morgan fingerprint density at radius 1 is 1.14 bits per heavy atom. The van der Waals surface area contributed by atoms with Crippen molar-refractivity contribution in [3.8, 4) is 0 Å². The van der Waals surface area contributed by atoms with Crippen LogP contribution in [-0.4, -0.2) is 31.1 Å². The van der Waals surface area contributed by atoms with Crippen molar-refractivity contribution < 1.29 is 14.3 Å². The van der Waals surface area contributed by atoms with E-state index < -0.39 is 0 Å². The minimum absolute atomic E-state index is 0.0279. The molecule has 2 fully saturated rings. The number of benzene rings is 1. The molecule has 28 heavy (non-hydrogen) atoms. The third kappa shape index (κ3) is 5.34. The minimum atomic E-state index is -0.354. The molecule has 0 radical (unpaired) electrons. The molecular weight excluding hydrogens is 352 g/mol. The summed E-state index contributed by atoms with van der Waals surface area (Å²) in [5, 5.41) is 6.71. The fourth-order valence-electron chi connectivity index (χ4n) is 4.57. The molecule has 2 heterocycles. The first-order valence-corrected chi connectivity index (χ1v) is 10.5. The molecule has 0 spiro atoms. The van der Waals surface area contributed by atoms with Crippen molar-refractivity contribution in [2.24, 2.45) is 5.92 Å². The van der Waals surface area contributed by atoms with Crippen LogP contribution >= 0.6 is 0 Å². The van der Waals surface area contributed by atoms with E-state index in [-0.39, 0.29) is 29.8 Å². The first-order valence-electron chi connectivity index (χ1n) is 10.5. The Hall–Kier alpha value is -1.88. The van der Waals surface area contributed by atoms with Crippen molar-refractivity contribution in [2.75, 3.05) is 7.11 Å². The maximum Gasteiger partial charge on any atom is 0.307 e. The quantitative estimate of drug-likeness (QED) is 0.733. The van der Waals surface area contributed by atoms with E-state index in [4.69, 9.17) is 4.74 Å². The van der Waals surface area contributed by atoms with E-state index in [1.165, 1.54) is 25.5 Å². The van der Waals surface area contributed by atoms with Crippen molar-refractivity contribution in [1.29, 1.82) is 0 Å². The minimum Gasteiger partial charge on any atom is -0.469 e. The van der Waals surface area contributed by atoms with Crippen LogP contribution in [-0.2, 0) is 19.7 Å². The van der Waals surface area contributed by atoms with E-state index in [1.54, 1.807) is 0 Å². The molecule has 1 aromatic carbocycles. The zero-order valence-electron chi connectivity index (χ0n) is 17.6. The van der Waals surface area contributed by atoms with Gasteiger partial charge < -0.3 is 15.4 Å². The topological polar surface area (TPSA) is 67.4 Å². The first kappa shape index (κ1) is 20.8. The summed E-state index contributed by atoms with van der Waals surface area (Å²) in [5.74, 6) is 0.144. The van der Waals surface area contributed by atoms with E-state index >= 15 is 0 Å². The predicted molar refractivity (Wildman–Crippen MR) is 110 cm³/mol. The number of carbonyl (C=O) groups excluding carboxylic acids is 2. The maximum atomic E-state index is 12.7. The summed E-state index contributed by atoms with van der Waals surface area (Å²) in [6.07, 6.45) is 5.29. The number of carbonyl (C=O) groups is 2. The number of ether oxygens (including phenoxy) is 1. The Labute approximate surface area is 168 Å². The van der Waals surface area contributed by atoms with E-state index in [9.17, 15) is 9.59 Å². The molecule has 2 saturated heterocycles. The number of rotatable bonds is 6. The standard InChI is InChI=1S/C23H34N2O3/c1-23(2,3)17-7-5-16(6-8-17)20(14-22(27)28-4)25-21(26)13-15-11-18-9-10-19(12-15)24-18/h5-8,15,18-20,24H,9-14H2,1-4H3,(H,25,26). The van der Waals surface area contributed by atoms with Crippen molar-refractivity contribution >= 4 is 11.9 Å². The second kappa shape index (κ2) is 8.64. The lowest BCUT2D eigenvalue weighted by molar-refractivity contribution is -0.141. The molecule has 3 atom stereocenters. The highest BCUT2D eigenvalue weighted by atomic mass is 16.5. The molecule has 2 aliphatic heterocycles. The van der Waals surface area contributed by atoms with Gasteiger partial charge in [0.25, 0.3) is 0 Å². The monoisotopic (exact) mass is 386 g/mol. The van der Waals surface area contributed by atoms with Crippen LogP contribution < -0.4 is 10.6 Å². The van der Waals surface area contributed by atoms with Gasteiger partial charge in [0, 0.05) is 18.5 Å². The van der Waals surface area contributed by atoms with Gasteiger partial charge in [-0.05, 0) is 48.1 Å². The molecule has 5 heteroatoms.